The van der Waals surface area contributed by atoms with Crippen LogP contribution in [0.3, 0.4) is 0 Å². The number of allylic oxidation sites excluding steroid dienone is 5. The number of rotatable bonds is 6. The van der Waals surface area contributed by atoms with Gasteiger partial charge in [-0.1, -0.05) is 25.7 Å². The number of hydrogen-bond donors (Lipinski definition) is 2. The molecule has 1 aromatic heterocycles. The molecule has 3 nitrogen and oxygen atoms in total. The number of nitrogens with one attached hydrogen (secondary N) is 2. The lowest BCUT2D eigenvalue weighted by molar-refractivity contribution is 1.22. The number of pyridine rings is 1. The minimum absolute atomic E-state index is 0.822. The SMILES string of the molecule is C=C(C=CCC)/C(=C\C=N)c1ccc(NC)nc1. The van der Waals surface area contributed by atoms with Gasteiger partial charge in [0.1, 0.15) is 5.82 Å². The third-order valence-electron chi connectivity index (χ3n) is 2.48. The number of anilines is 1. The van der Waals surface area contributed by atoms with Crippen molar-refractivity contribution < 1.29 is 0 Å². The molecule has 0 radical (unpaired) electrons. The van der Waals surface area contributed by atoms with Crippen LogP contribution >= 0.6 is 0 Å². The van der Waals surface area contributed by atoms with Gasteiger partial charge in [-0.05, 0) is 35.8 Å². The summed E-state index contributed by atoms with van der Waals surface area (Å²) >= 11 is 0. The van der Waals surface area contributed by atoms with Crippen molar-refractivity contribution in [3.63, 3.8) is 0 Å². The van der Waals surface area contributed by atoms with Crippen LogP contribution in [0.15, 0.2) is 48.7 Å². The summed E-state index contributed by atoms with van der Waals surface area (Å²) < 4.78 is 0. The Bertz CT molecular complexity index is 467. The van der Waals surface area contributed by atoms with Gasteiger partial charge in [0.15, 0.2) is 0 Å². The van der Waals surface area contributed by atoms with E-state index in [1.165, 1.54) is 6.21 Å². The Morgan fingerprint density at radius 2 is 2.28 bits per heavy atom. The fourth-order valence-corrected chi connectivity index (χ4v) is 1.52. The molecule has 94 valence electrons. The second kappa shape index (κ2) is 7.22. The standard InChI is InChI=1S/C15H19N3/c1-4-5-6-12(2)14(9-10-16)13-7-8-15(17-3)18-11-13/h5-11,16H,2,4H2,1,3H3,(H,17,18)/b6-5?,14-9+,16-10?. The first-order valence-corrected chi connectivity index (χ1v) is 5.93. The zero-order valence-electron chi connectivity index (χ0n) is 10.9. The second-order valence-electron chi connectivity index (χ2n) is 3.76. The number of aromatic nitrogens is 1. The Morgan fingerprint density at radius 1 is 1.50 bits per heavy atom. The van der Waals surface area contributed by atoms with Crippen LogP contribution in [0.2, 0.25) is 0 Å². The molecule has 0 aliphatic carbocycles. The topological polar surface area (TPSA) is 48.8 Å². The van der Waals surface area contributed by atoms with Gasteiger partial charge in [0.2, 0.25) is 0 Å². The van der Waals surface area contributed by atoms with Crippen LogP contribution in [0.1, 0.15) is 18.9 Å². The van der Waals surface area contributed by atoms with Gasteiger partial charge in [0.05, 0.1) is 0 Å². The third-order valence-corrected chi connectivity index (χ3v) is 2.48. The Labute approximate surface area is 108 Å². The summed E-state index contributed by atoms with van der Waals surface area (Å²) in [5.74, 6) is 0.822. The molecule has 0 atom stereocenters. The minimum Gasteiger partial charge on any atom is -0.373 e. The lowest BCUT2D eigenvalue weighted by atomic mass is 9.99. The normalized spacial score (nSPS) is 11.6. The van der Waals surface area contributed by atoms with E-state index in [2.05, 4.69) is 29.9 Å². The molecule has 1 heterocycles. The molecule has 0 spiro atoms. The van der Waals surface area contributed by atoms with Gasteiger partial charge in [0.25, 0.3) is 0 Å². The lowest BCUT2D eigenvalue weighted by Crippen LogP contribution is -1.94. The number of hydrogen-bond acceptors (Lipinski definition) is 3. The Balaban J connectivity index is 3.04. The van der Waals surface area contributed by atoms with Crippen molar-refractivity contribution in [1.29, 1.82) is 5.41 Å². The minimum atomic E-state index is 0.822. The molecule has 0 fully saturated rings. The van der Waals surface area contributed by atoms with E-state index in [-0.39, 0.29) is 0 Å². The average molecular weight is 241 g/mol. The van der Waals surface area contributed by atoms with Gasteiger partial charge in [-0.2, -0.15) is 0 Å². The highest BCUT2D eigenvalue weighted by Crippen LogP contribution is 2.22. The van der Waals surface area contributed by atoms with Gasteiger partial charge in [-0.25, -0.2) is 4.98 Å². The van der Waals surface area contributed by atoms with E-state index in [4.69, 9.17) is 5.41 Å². The van der Waals surface area contributed by atoms with E-state index in [1.54, 1.807) is 12.3 Å². The van der Waals surface area contributed by atoms with Gasteiger partial charge in [0, 0.05) is 25.0 Å². The highest BCUT2D eigenvalue weighted by Gasteiger charge is 2.03. The molecular weight excluding hydrogens is 222 g/mol. The molecule has 0 saturated carbocycles. The van der Waals surface area contributed by atoms with Gasteiger partial charge in [-0.3, -0.25) is 0 Å². The zero-order chi connectivity index (χ0) is 13.4. The molecule has 0 saturated heterocycles. The van der Waals surface area contributed by atoms with Crippen LogP contribution in [-0.2, 0) is 0 Å². The number of nitrogens with zero attached hydrogens (tertiary/aromatic N) is 1. The molecule has 0 bridgehead atoms. The van der Waals surface area contributed by atoms with Crippen molar-refractivity contribution in [3.05, 3.63) is 54.3 Å². The second-order valence-corrected chi connectivity index (χ2v) is 3.76. The molecule has 1 aromatic rings. The Morgan fingerprint density at radius 3 is 2.78 bits per heavy atom. The molecule has 0 aliphatic heterocycles. The summed E-state index contributed by atoms with van der Waals surface area (Å²) in [5.41, 5.74) is 2.77. The van der Waals surface area contributed by atoms with Gasteiger partial charge in [-0.15, -0.1) is 0 Å². The van der Waals surface area contributed by atoms with Crippen LogP contribution < -0.4 is 5.32 Å². The monoisotopic (exact) mass is 241 g/mol. The predicted molar refractivity (Wildman–Crippen MR) is 79.1 cm³/mol. The van der Waals surface area contributed by atoms with Crippen LogP contribution in [-0.4, -0.2) is 18.2 Å². The maximum Gasteiger partial charge on any atom is 0.125 e. The van der Waals surface area contributed by atoms with E-state index in [1.807, 2.05) is 25.3 Å². The third kappa shape index (κ3) is 3.70. The summed E-state index contributed by atoms with van der Waals surface area (Å²) in [6.45, 7) is 6.10. The van der Waals surface area contributed by atoms with E-state index in [0.29, 0.717) is 0 Å². The molecule has 0 aromatic carbocycles. The smallest absolute Gasteiger partial charge is 0.125 e. The zero-order valence-corrected chi connectivity index (χ0v) is 10.9. The van der Waals surface area contributed by atoms with E-state index >= 15 is 0 Å². The highest BCUT2D eigenvalue weighted by atomic mass is 14.9. The van der Waals surface area contributed by atoms with E-state index in [9.17, 15) is 0 Å². The van der Waals surface area contributed by atoms with Crippen LogP contribution in [0.5, 0.6) is 0 Å². The van der Waals surface area contributed by atoms with Crippen LogP contribution in [0.25, 0.3) is 5.57 Å². The average Bonchev–Trinajstić information content (AvgIpc) is 2.42. The summed E-state index contributed by atoms with van der Waals surface area (Å²) in [7, 11) is 1.83. The van der Waals surface area contributed by atoms with Gasteiger partial charge < -0.3 is 10.7 Å². The first-order chi connectivity index (χ1) is 8.72. The van der Waals surface area contributed by atoms with E-state index in [0.717, 1.165) is 28.9 Å². The van der Waals surface area contributed by atoms with Crippen molar-refractivity contribution in [2.24, 2.45) is 0 Å². The molecule has 3 heteroatoms. The largest absolute Gasteiger partial charge is 0.373 e. The fourth-order valence-electron chi connectivity index (χ4n) is 1.52. The van der Waals surface area contributed by atoms with E-state index < -0.39 is 0 Å². The van der Waals surface area contributed by atoms with Gasteiger partial charge >= 0.3 is 0 Å². The van der Waals surface area contributed by atoms with Crippen LogP contribution in [0, 0.1) is 5.41 Å². The fraction of sp³-hybridized carbons (Fsp3) is 0.200. The first-order valence-electron chi connectivity index (χ1n) is 5.93. The summed E-state index contributed by atoms with van der Waals surface area (Å²) in [5, 5.41) is 10.2. The van der Waals surface area contributed by atoms with Crippen molar-refractivity contribution >= 4 is 17.6 Å². The summed E-state index contributed by atoms with van der Waals surface area (Å²) in [6, 6.07) is 3.88. The highest BCUT2D eigenvalue weighted by molar-refractivity contribution is 5.91. The molecule has 18 heavy (non-hydrogen) atoms. The Kier molecular flexibility index (Phi) is 5.58. The summed E-state index contributed by atoms with van der Waals surface area (Å²) in [6.07, 6.45) is 9.78. The molecule has 2 N–H and O–H groups in total. The maximum absolute atomic E-state index is 7.23. The molecule has 0 aliphatic rings. The molecular formula is C15H19N3. The molecule has 1 rings (SSSR count). The quantitative estimate of drug-likeness (QED) is 0.589. The van der Waals surface area contributed by atoms with Crippen molar-refractivity contribution in [3.8, 4) is 0 Å². The predicted octanol–water partition coefficient (Wildman–Crippen LogP) is 3.68. The van der Waals surface area contributed by atoms with Crippen molar-refractivity contribution in [2.75, 3.05) is 12.4 Å². The molecule has 0 amide bonds. The molecule has 0 unspecified atom stereocenters. The van der Waals surface area contributed by atoms with Crippen molar-refractivity contribution in [1.82, 2.24) is 4.98 Å². The van der Waals surface area contributed by atoms with Crippen molar-refractivity contribution in [2.45, 2.75) is 13.3 Å². The maximum atomic E-state index is 7.23. The Hall–Kier alpha value is -2.16. The lowest BCUT2D eigenvalue weighted by Gasteiger charge is -2.08. The summed E-state index contributed by atoms with van der Waals surface area (Å²) in [4.78, 5) is 4.27. The van der Waals surface area contributed by atoms with Crippen LogP contribution in [0.4, 0.5) is 5.82 Å². The first kappa shape index (κ1) is 13.9.